The number of hydrogen-bond donors (Lipinski definition) is 0. The smallest absolute Gasteiger partial charge is 0.409 e. The Balaban J connectivity index is 1.93. The van der Waals surface area contributed by atoms with Crippen LogP contribution in [0.1, 0.15) is 23.9 Å². The van der Waals surface area contributed by atoms with Gasteiger partial charge < -0.3 is 14.5 Å². The van der Waals surface area contributed by atoms with E-state index in [4.69, 9.17) is 4.74 Å². The van der Waals surface area contributed by atoms with Gasteiger partial charge >= 0.3 is 6.09 Å². The summed E-state index contributed by atoms with van der Waals surface area (Å²) in [5.74, 6) is -0.0452. The van der Waals surface area contributed by atoms with Crippen molar-refractivity contribution in [3.8, 4) is 0 Å². The molecule has 2 rings (SSSR count). The van der Waals surface area contributed by atoms with E-state index in [0.29, 0.717) is 32.8 Å². The number of amides is 2. The van der Waals surface area contributed by atoms with Gasteiger partial charge in [-0.25, -0.2) is 4.79 Å². The van der Waals surface area contributed by atoms with Crippen LogP contribution in [0, 0.1) is 13.8 Å². The van der Waals surface area contributed by atoms with Crippen LogP contribution in [0.15, 0.2) is 6.08 Å². The molecule has 0 aromatic carbocycles. The molecule has 0 bridgehead atoms. The second kappa shape index (κ2) is 7.30. The lowest BCUT2D eigenvalue weighted by molar-refractivity contribution is -0.127. The van der Waals surface area contributed by atoms with Crippen LogP contribution in [0.3, 0.4) is 0 Å². The van der Waals surface area contributed by atoms with E-state index in [0.717, 1.165) is 17.0 Å². The fraction of sp³-hybridized carbons (Fsp3) is 0.562. The lowest BCUT2D eigenvalue weighted by Gasteiger charge is -2.33. The number of rotatable bonds is 3. The van der Waals surface area contributed by atoms with Gasteiger partial charge in [-0.05, 0) is 26.8 Å². The Morgan fingerprint density at radius 2 is 1.78 bits per heavy atom. The molecule has 0 spiro atoms. The molecule has 0 aliphatic carbocycles. The lowest BCUT2D eigenvalue weighted by Crippen LogP contribution is -2.50. The highest BCUT2D eigenvalue weighted by molar-refractivity contribution is 5.92. The molecule has 7 heteroatoms. The number of hydrogen-bond acceptors (Lipinski definition) is 4. The van der Waals surface area contributed by atoms with Gasteiger partial charge in [0, 0.05) is 50.6 Å². The number of carbonyl (C=O) groups excluding carboxylic acids is 2. The molecule has 1 aromatic heterocycles. The SMILES string of the molecule is CCOC(=O)N1CCN(C(=O)/C=C/c2c(C)nn(C)c2C)CC1. The third kappa shape index (κ3) is 3.91. The van der Waals surface area contributed by atoms with Gasteiger partial charge in [-0.2, -0.15) is 5.10 Å². The van der Waals surface area contributed by atoms with Crippen molar-refractivity contribution >= 4 is 18.1 Å². The Labute approximate surface area is 136 Å². The van der Waals surface area contributed by atoms with E-state index in [9.17, 15) is 9.59 Å². The maximum Gasteiger partial charge on any atom is 0.409 e. The fourth-order valence-electron chi connectivity index (χ4n) is 2.62. The summed E-state index contributed by atoms with van der Waals surface area (Å²) in [6.07, 6.45) is 3.09. The number of aromatic nitrogens is 2. The summed E-state index contributed by atoms with van der Waals surface area (Å²) in [5, 5.41) is 4.33. The van der Waals surface area contributed by atoms with Crippen LogP contribution < -0.4 is 0 Å². The monoisotopic (exact) mass is 320 g/mol. The zero-order valence-electron chi connectivity index (χ0n) is 14.2. The van der Waals surface area contributed by atoms with Crippen LogP contribution in [0.2, 0.25) is 0 Å². The first-order chi connectivity index (χ1) is 10.9. The second-order valence-corrected chi connectivity index (χ2v) is 5.55. The Hall–Kier alpha value is -2.31. The van der Waals surface area contributed by atoms with Crippen molar-refractivity contribution in [3.05, 3.63) is 23.0 Å². The molecule has 0 atom stereocenters. The topological polar surface area (TPSA) is 67.7 Å². The molecule has 0 radical (unpaired) electrons. The maximum absolute atomic E-state index is 12.3. The molecule has 1 aromatic rings. The molecule has 0 N–H and O–H groups in total. The molecule has 0 unspecified atom stereocenters. The van der Waals surface area contributed by atoms with E-state index < -0.39 is 0 Å². The predicted octanol–water partition coefficient (Wildman–Crippen LogP) is 1.35. The first kappa shape index (κ1) is 17.1. The Kier molecular flexibility index (Phi) is 5.41. The van der Waals surface area contributed by atoms with Crippen LogP contribution in [-0.4, -0.2) is 64.4 Å². The van der Waals surface area contributed by atoms with Gasteiger partial charge in [-0.3, -0.25) is 9.48 Å². The number of nitrogens with zero attached hydrogens (tertiary/aromatic N) is 4. The van der Waals surface area contributed by atoms with E-state index in [1.165, 1.54) is 0 Å². The highest BCUT2D eigenvalue weighted by Gasteiger charge is 2.23. The summed E-state index contributed by atoms with van der Waals surface area (Å²) in [5.41, 5.74) is 2.91. The van der Waals surface area contributed by atoms with Crippen LogP contribution in [0.5, 0.6) is 0 Å². The summed E-state index contributed by atoms with van der Waals surface area (Å²) >= 11 is 0. The molecule has 2 amide bonds. The van der Waals surface area contributed by atoms with Crippen LogP contribution >= 0.6 is 0 Å². The third-order valence-electron chi connectivity index (χ3n) is 4.07. The average Bonchev–Trinajstić information content (AvgIpc) is 2.78. The highest BCUT2D eigenvalue weighted by Crippen LogP contribution is 2.14. The van der Waals surface area contributed by atoms with Gasteiger partial charge in [-0.15, -0.1) is 0 Å². The molecular formula is C16H24N4O3. The molecule has 0 saturated carbocycles. The quantitative estimate of drug-likeness (QED) is 0.789. The van der Waals surface area contributed by atoms with E-state index in [2.05, 4.69) is 5.10 Å². The minimum atomic E-state index is -0.309. The molecule has 1 aliphatic heterocycles. The van der Waals surface area contributed by atoms with Gasteiger partial charge in [0.15, 0.2) is 0 Å². The number of aryl methyl sites for hydroxylation is 2. The van der Waals surface area contributed by atoms with Crippen LogP contribution in [-0.2, 0) is 16.6 Å². The first-order valence-corrected chi connectivity index (χ1v) is 7.83. The highest BCUT2D eigenvalue weighted by atomic mass is 16.6. The largest absolute Gasteiger partial charge is 0.450 e. The molecule has 23 heavy (non-hydrogen) atoms. The zero-order chi connectivity index (χ0) is 17.0. The molecule has 1 aliphatic rings. The van der Waals surface area contributed by atoms with Crippen molar-refractivity contribution in [2.75, 3.05) is 32.8 Å². The molecular weight excluding hydrogens is 296 g/mol. The summed E-state index contributed by atoms with van der Waals surface area (Å²) in [6.45, 7) is 8.10. The number of ether oxygens (including phenoxy) is 1. The van der Waals surface area contributed by atoms with Gasteiger partial charge in [0.25, 0.3) is 0 Å². The standard InChI is InChI=1S/C16H24N4O3/c1-5-23-16(22)20-10-8-19(9-11-20)15(21)7-6-14-12(2)17-18(4)13(14)3/h6-7H,5,8-11H2,1-4H3/b7-6+. The van der Waals surface area contributed by atoms with E-state index >= 15 is 0 Å². The van der Waals surface area contributed by atoms with Crippen LogP contribution in [0.4, 0.5) is 4.79 Å². The predicted molar refractivity (Wildman–Crippen MR) is 86.9 cm³/mol. The minimum absolute atomic E-state index is 0.0452. The van der Waals surface area contributed by atoms with Crippen molar-refractivity contribution in [2.24, 2.45) is 7.05 Å². The van der Waals surface area contributed by atoms with Gasteiger partial charge in [0.05, 0.1) is 12.3 Å². The number of piperazine rings is 1. The van der Waals surface area contributed by atoms with Crippen molar-refractivity contribution in [3.63, 3.8) is 0 Å². The van der Waals surface area contributed by atoms with Gasteiger partial charge in [0.2, 0.25) is 5.91 Å². The van der Waals surface area contributed by atoms with Crippen molar-refractivity contribution < 1.29 is 14.3 Å². The molecule has 2 heterocycles. The molecule has 7 nitrogen and oxygen atoms in total. The Morgan fingerprint density at radius 3 is 2.30 bits per heavy atom. The minimum Gasteiger partial charge on any atom is -0.450 e. The maximum atomic E-state index is 12.3. The van der Waals surface area contributed by atoms with Crippen molar-refractivity contribution in [2.45, 2.75) is 20.8 Å². The fourth-order valence-corrected chi connectivity index (χ4v) is 2.62. The van der Waals surface area contributed by atoms with Crippen LogP contribution in [0.25, 0.3) is 6.08 Å². The average molecular weight is 320 g/mol. The third-order valence-corrected chi connectivity index (χ3v) is 4.07. The van der Waals surface area contributed by atoms with E-state index in [1.54, 1.807) is 27.5 Å². The van der Waals surface area contributed by atoms with Gasteiger partial charge in [0.1, 0.15) is 0 Å². The molecule has 126 valence electrons. The van der Waals surface area contributed by atoms with E-state index in [1.807, 2.05) is 27.0 Å². The molecule has 1 fully saturated rings. The Morgan fingerprint density at radius 1 is 1.17 bits per heavy atom. The van der Waals surface area contributed by atoms with Crippen molar-refractivity contribution in [1.29, 1.82) is 0 Å². The zero-order valence-corrected chi connectivity index (χ0v) is 14.2. The molecule has 1 saturated heterocycles. The summed E-state index contributed by atoms with van der Waals surface area (Å²) in [7, 11) is 1.89. The first-order valence-electron chi connectivity index (χ1n) is 7.83. The van der Waals surface area contributed by atoms with Gasteiger partial charge in [-0.1, -0.05) is 0 Å². The summed E-state index contributed by atoms with van der Waals surface area (Å²) in [4.78, 5) is 27.3. The second-order valence-electron chi connectivity index (χ2n) is 5.55. The van der Waals surface area contributed by atoms with Crippen molar-refractivity contribution in [1.82, 2.24) is 19.6 Å². The number of carbonyl (C=O) groups is 2. The summed E-state index contributed by atoms with van der Waals surface area (Å²) in [6, 6.07) is 0. The lowest BCUT2D eigenvalue weighted by atomic mass is 10.2. The summed E-state index contributed by atoms with van der Waals surface area (Å²) < 4.78 is 6.77. The normalized spacial score (nSPS) is 15.3. The van der Waals surface area contributed by atoms with E-state index in [-0.39, 0.29) is 12.0 Å². The Bertz CT molecular complexity index is 613.